The van der Waals surface area contributed by atoms with E-state index in [0.717, 1.165) is 29.9 Å². The van der Waals surface area contributed by atoms with Gasteiger partial charge in [-0.15, -0.1) is 0 Å². The molecule has 0 N–H and O–H groups in total. The van der Waals surface area contributed by atoms with E-state index in [1.165, 1.54) is 6.07 Å². The van der Waals surface area contributed by atoms with Crippen LogP contribution in [0.4, 0.5) is 14.5 Å². The minimum atomic E-state index is -1.05. The number of carbonyl (C=O) groups excluding carboxylic acids is 2. The fourth-order valence-electron chi connectivity index (χ4n) is 3.95. The van der Waals surface area contributed by atoms with E-state index in [-0.39, 0.29) is 41.2 Å². The topological polar surface area (TPSA) is 37.4 Å². The Morgan fingerprint density at radius 3 is 1.95 bits per heavy atom. The first-order chi connectivity index (χ1) is 10.1. The van der Waals surface area contributed by atoms with Gasteiger partial charge in [0.05, 0.1) is 17.5 Å². The van der Waals surface area contributed by atoms with Crippen LogP contribution in [0.25, 0.3) is 0 Å². The van der Waals surface area contributed by atoms with Gasteiger partial charge < -0.3 is 0 Å². The van der Waals surface area contributed by atoms with Crippen molar-refractivity contribution in [2.75, 3.05) is 4.90 Å². The summed E-state index contributed by atoms with van der Waals surface area (Å²) in [6, 6.07) is 3.14. The maximum Gasteiger partial charge on any atom is 0.238 e. The molecule has 21 heavy (non-hydrogen) atoms. The van der Waals surface area contributed by atoms with Gasteiger partial charge in [-0.25, -0.2) is 13.7 Å². The predicted molar refractivity (Wildman–Crippen MR) is 71.2 cm³/mol. The second kappa shape index (κ2) is 4.23. The molecule has 1 aromatic rings. The van der Waals surface area contributed by atoms with Crippen LogP contribution in [0.5, 0.6) is 0 Å². The fourth-order valence-corrected chi connectivity index (χ4v) is 3.95. The molecule has 5 rings (SSSR count). The number of rotatable bonds is 1. The summed E-state index contributed by atoms with van der Waals surface area (Å²) in [6.07, 6.45) is 5.87. The zero-order chi connectivity index (χ0) is 14.7. The molecule has 108 valence electrons. The molecule has 1 unspecified atom stereocenters. The van der Waals surface area contributed by atoms with Crippen molar-refractivity contribution in [2.24, 2.45) is 23.7 Å². The Labute approximate surface area is 120 Å². The molecule has 1 aromatic carbocycles. The number of nitrogens with zero attached hydrogens (tertiary/aromatic N) is 1. The van der Waals surface area contributed by atoms with Gasteiger partial charge in [-0.1, -0.05) is 12.2 Å². The fraction of sp³-hybridized carbons (Fsp3) is 0.375. The Morgan fingerprint density at radius 1 is 0.905 bits per heavy atom. The molecule has 2 fully saturated rings. The van der Waals surface area contributed by atoms with Crippen molar-refractivity contribution in [3.63, 3.8) is 0 Å². The SMILES string of the molecule is O=C1C2[C@H]3C=C[C@H](CC3)[C@H]2C(=O)N1c1ccc(F)c(F)c1. The van der Waals surface area contributed by atoms with Crippen LogP contribution >= 0.6 is 0 Å². The van der Waals surface area contributed by atoms with Crippen LogP contribution in [0.3, 0.4) is 0 Å². The molecule has 0 aromatic heterocycles. The number of halogens is 2. The molecule has 1 heterocycles. The maximum absolute atomic E-state index is 13.4. The van der Waals surface area contributed by atoms with Crippen molar-refractivity contribution in [2.45, 2.75) is 12.8 Å². The minimum Gasteiger partial charge on any atom is -0.274 e. The lowest BCUT2D eigenvalue weighted by molar-refractivity contribution is -0.124. The highest BCUT2D eigenvalue weighted by atomic mass is 19.2. The summed E-state index contributed by atoms with van der Waals surface area (Å²) in [4.78, 5) is 26.2. The monoisotopic (exact) mass is 289 g/mol. The first-order valence-electron chi connectivity index (χ1n) is 7.09. The number of anilines is 1. The average molecular weight is 289 g/mol. The zero-order valence-corrected chi connectivity index (χ0v) is 11.1. The van der Waals surface area contributed by atoms with E-state index < -0.39 is 11.6 Å². The molecule has 0 radical (unpaired) electrons. The Bertz CT molecular complexity index is 653. The van der Waals surface area contributed by atoms with Gasteiger partial charge in [0.25, 0.3) is 0 Å². The van der Waals surface area contributed by atoms with Crippen LogP contribution in [0.15, 0.2) is 30.4 Å². The molecule has 0 spiro atoms. The standard InChI is InChI=1S/C16H13F2NO2/c17-11-6-5-10(7-12(11)18)19-15(20)13-8-1-2-9(4-3-8)14(13)16(19)21/h1-2,5-9,13-14H,3-4H2/t8-,9+,13-,14?/m1/s1. The second-order valence-corrected chi connectivity index (χ2v) is 5.95. The summed E-state index contributed by atoms with van der Waals surface area (Å²) >= 11 is 0. The molecular formula is C16H13F2NO2. The van der Waals surface area contributed by atoms with Gasteiger partial charge in [0.2, 0.25) is 11.8 Å². The van der Waals surface area contributed by atoms with E-state index in [4.69, 9.17) is 0 Å². The number of carbonyl (C=O) groups is 2. The van der Waals surface area contributed by atoms with Crippen molar-refractivity contribution in [1.82, 2.24) is 0 Å². The average Bonchev–Trinajstić information content (AvgIpc) is 2.78. The lowest BCUT2D eigenvalue weighted by Crippen LogP contribution is -2.38. The normalized spacial score (nSPS) is 33.7. The Hall–Kier alpha value is -2.04. The molecule has 1 saturated heterocycles. The third-order valence-electron chi connectivity index (χ3n) is 4.92. The zero-order valence-electron chi connectivity index (χ0n) is 11.1. The summed E-state index contributed by atoms with van der Waals surface area (Å²) in [5.74, 6) is -3.10. The van der Waals surface area contributed by atoms with E-state index in [0.29, 0.717) is 0 Å². The van der Waals surface area contributed by atoms with Gasteiger partial charge >= 0.3 is 0 Å². The predicted octanol–water partition coefficient (Wildman–Crippen LogP) is 2.67. The van der Waals surface area contributed by atoms with Crippen LogP contribution in [-0.2, 0) is 9.59 Å². The third kappa shape index (κ3) is 1.63. The highest BCUT2D eigenvalue weighted by Gasteiger charge is 2.56. The summed E-state index contributed by atoms with van der Waals surface area (Å²) < 4.78 is 26.4. The van der Waals surface area contributed by atoms with Gasteiger partial charge in [0.15, 0.2) is 11.6 Å². The van der Waals surface area contributed by atoms with Crippen molar-refractivity contribution < 1.29 is 18.4 Å². The number of imide groups is 1. The van der Waals surface area contributed by atoms with E-state index in [1.807, 2.05) is 12.2 Å². The Morgan fingerprint density at radius 2 is 1.48 bits per heavy atom. The molecular weight excluding hydrogens is 276 g/mol. The van der Waals surface area contributed by atoms with Gasteiger partial charge in [0, 0.05) is 6.07 Å². The quantitative estimate of drug-likeness (QED) is 0.589. The summed E-state index contributed by atoms with van der Waals surface area (Å²) in [5, 5.41) is 0. The molecule has 2 bridgehead atoms. The van der Waals surface area contributed by atoms with Crippen LogP contribution in [0, 0.1) is 35.3 Å². The minimum absolute atomic E-state index is 0.0896. The molecule has 3 aliphatic carbocycles. The number of amides is 2. The largest absolute Gasteiger partial charge is 0.274 e. The highest BCUT2D eigenvalue weighted by Crippen LogP contribution is 2.50. The van der Waals surface area contributed by atoms with Crippen molar-refractivity contribution in [3.05, 3.63) is 42.0 Å². The van der Waals surface area contributed by atoms with Crippen LogP contribution in [-0.4, -0.2) is 11.8 Å². The van der Waals surface area contributed by atoms with Gasteiger partial charge in [-0.3, -0.25) is 9.59 Å². The van der Waals surface area contributed by atoms with Crippen molar-refractivity contribution in [1.29, 1.82) is 0 Å². The molecule has 1 saturated carbocycles. The van der Waals surface area contributed by atoms with Gasteiger partial charge in [-0.05, 0) is 36.8 Å². The van der Waals surface area contributed by atoms with Crippen LogP contribution in [0.1, 0.15) is 12.8 Å². The molecule has 1 aliphatic heterocycles. The first kappa shape index (κ1) is 12.7. The Balaban J connectivity index is 1.76. The maximum atomic E-state index is 13.4. The van der Waals surface area contributed by atoms with E-state index in [9.17, 15) is 18.4 Å². The molecule has 4 aliphatic rings. The summed E-state index contributed by atoms with van der Waals surface area (Å²) in [6.45, 7) is 0. The van der Waals surface area contributed by atoms with Crippen LogP contribution < -0.4 is 4.90 Å². The van der Waals surface area contributed by atoms with Crippen molar-refractivity contribution in [3.8, 4) is 0 Å². The smallest absolute Gasteiger partial charge is 0.238 e. The van der Waals surface area contributed by atoms with E-state index >= 15 is 0 Å². The second-order valence-electron chi connectivity index (χ2n) is 5.95. The number of hydrogen-bond donors (Lipinski definition) is 0. The Kier molecular flexibility index (Phi) is 2.55. The summed E-state index contributed by atoms with van der Waals surface area (Å²) in [5.41, 5.74) is 0.123. The molecule has 5 heteroatoms. The van der Waals surface area contributed by atoms with E-state index in [2.05, 4.69) is 0 Å². The number of hydrogen-bond acceptors (Lipinski definition) is 2. The summed E-state index contributed by atoms with van der Waals surface area (Å²) in [7, 11) is 0. The van der Waals surface area contributed by atoms with Gasteiger partial charge in [0.1, 0.15) is 0 Å². The number of allylic oxidation sites excluding steroid dienone is 2. The molecule has 2 amide bonds. The number of fused-ring (bicyclic) bond motifs is 1. The van der Waals surface area contributed by atoms with Crippen molar-refractivity contribution >= 4 is 17.5 Å². The van der Waals surface area contributed by atoms with Gasteiger partial charge in [-0.2, -0.15) is 0 Å². The van der Waals surface area contributed by atoms with Crippen LogP contribution in [0.2, 0.25) is 0 Å². The number of benzene rings is 1. The lowest BCUT2D eigenvalue weighted by Gasteiger charge is -2.38. The molecule has 3 nitrogen and oxygen atoms in total. The first-order valence-corrected chi connectivity index (χ1v) is 7.09. The third-order valence-corrected chi connectivity index (χ3v) is 4.92. The lowest BCUT2D eigenvalue weighted by atomic mass is 9.63. The molecule has 4 atom stereocenters. The van der Waals surface area contributed by atoms with E-state index in [1.54, 1.807) is 0 Å². The highest BCUT2D eigenvalue weighted by molar-refractivity contribution is 6.22.